The summed E-state index contributed by atoms with van der Waals surface area (Å²) < 4.78 is 0. The van der Waals surface area contributed by atoms with Crippen molar-refractivity contribution in [1.82, 2.24) is 4.90 Å². The van der Waals surface area contributed by atoms with Crippen molar-refractivity contribution in [2.24, 2.45) is 11.7 Å². The molecule has 0 bridgehead atoms. The van der Waals surface area contributed by atoms with Crippen molar-refractivity contribution in [3.63, 3.8) is 0 Å². The van der Waals surface area contributed by atoms with Gasteiger partial charge in [-0.2, -0.15) is 0 Å². The number of primary amides is 1. The van der Waals surface area contributed by atoms with E-state index in [1.165, 1.54) is 32.1 Å². The van der Waals surface area contributed by atoms with Crippen LogP contribution in [0.4, 0.5) is 10.5 Å². The number of para-hydroxylation sites is 1. The van der Waals surface area contributed by atoms with Crippen LogP contribution in [0, 0.1) is 5.92 Å². The fourth-order valence-corrected chi connectivity index (χ4v) is 3.35. The average Bonchev–Trinajstić information content (AvgIpc) is 3.07. The zero-order valence-corrected chi connectivity index (χ0v) is 14.4. The minimum absolute atomic E-state index is 0.0999. The Morgan fingerprint density at radius 2 is 1.75 bits per heavy atom. The summed E-state index contributed by atoms with van der Waals surface area (Å²) in [6.07, 6.45) is 8.49. The Bertz CT molecular complexity index is 513. The first kappa shape index (κ1) is 18.3. The summed E-state index contributed by atoms with van der Waals surface area (Å²) in [5.74, 6) is 0.513. The molecule has 3 amide bonds. The fourth-order valence-electron chi connectivity index (χ4n) is 3.35. The van der Waals surface area contributed by atoms with E-state index < -0.39 is 0 Å². The van der Waals surface area contributed by atoms with Gasteiger partial charge >= 0.3 is 6.03 Å². The molecule has 5 nitrogen and oxygen atoms in total. The van der Waals surface area contributed by atoms with Crippen molar-refractivity contribution in [1.29, 1.82) is 0 Å². The molecule has 0 aliphatic heterocycles. The number of carbonyl (C=O) groups excluding carboxylic acids is 2. The number of nitrogens with one attached hydrogen (secondary N) is 1. The minimum atomic E-state index is -0.315. The summed E-state index contributed by atoms with van der Waals surface area (Å²) in [6.45, 7) is 1.29. The standard InChI is InChI=1S/C19H29N3O2/c20-18(23)13-7-15-22(14-6-10-16-8-4-5-9-16)19(24)21-17-11-2-1-3-12-17/h1-3,11-12,16H,4-10,13-15H2,(H2,20,23)(H,21,24). The molecule has 5 heteroatoms. The highest BCUT2D eigenvalue weighted by atomic mass is 16.2. The van der Waals surface area contributed by atoms with Crippen molar-refractivity contribution in [2.45, 2.75) is 51.4 Å². The van der Waals surface area contributed by atoms with Gasteiger partial charge in [-0.15, -0.1) is 0 Å². The van der Waals surface area contributed by atoms with Gasteiger partial charge in [-0.25, -0.2) is 4.79 Å². The van der Waals surface area contributed by atoms with Crippen LogP contribution in [0.25, 0.3) is 0 Å². The minimum Gasteiger partial charge on any atom is -0.370 e. The molecule has 0 radical (unpaired) electrons. The number of hydrogen-bond acceptors (Lipinski definition) is 2. The molecule has 0 spiro atoms. The third kappa shape index (κ3) is 6.60. The van der Waals surface area contributed by atoms with Crippen LogP contribution < -0.4 is 11.1 Å². The molecule has 1 aromatic rings. The van der Waals surface area contributed by atoms with Gasteiger partial charge in [0.25, 0.3) is 0 Å². The third-order valence-corrected chi connectivity index (χ3v) is 4.68. The van der Waals surface area contributed by atoms with Gasteiger partial charge in [0, 0.05) is 25.2 Å². The van der Waals surface area contributed by atoms with Crippen LogP contribution in [0.5, 0.6) is 0 Å². The van der Waals surface area contributed by atoms with Crippen LogP contribution in [0.2, 0.25) is 0 Å². The number of hydrogen-bond donors (Lipinski definition) is 2. The van der Waals surface area contributed by atoms with Gasteiger partial charge in [0.1, 0.15) is 0 Å². The topological polar surface area (TPSA) is 75.4 Å². The van der Waals surface area contributed by atoms with E-state index in [4.69, 9.17) is 5.73 Å². The van der Waals surface area contributed by atoms with E-state index in [9.17, 15) is 9.59 Å². The first-order valence-corrected chi connectivity index (χ1v) is 9.04. The molecular formula is C19H29N3O2. The molecule has 1 aliphatic rings. The monoisotopic (exact) mass is 331 g/mol. The van der Waals surface area contributed by atoms with E-state index in [0.717, 1.165) is 24.6 Å². The van der Waals surface area contributed by atoms with Gasteiger partial charge in [0.15, 0.2) is 0 Å². The van der Waals surface area contributed by atoms with E-state index in [-0.39, 0.29) is 11.9 Å². The molecule has 2 rings (SSSR count). The number of carbonyl (C=O) groups is 2. The van der Waals surface area contributed by atoms with Crippen LogP contribution in [-0.4, -0.2) is 29.9 Å². The second-order valence-corrected chi connectivity index (χ2v) is 6.65. The predicted molar refractivity (Wildman–Crippen MR) is 96.7 cm³/mol. The van der Waals surface area contributed by atoms with Crippen LogP contribution in [0.3, 0.4) is 0 Å². The molecule has 0 atom stereocenters. The lowest BCUT2D eigenvalue weighted by Crippen LogP contribution is -2.37. The van der Waals surface area contributed by atoms with Crippen LogP contribution in [0.15, 0.2) is 30.3 Å². The van der Waals surface area contributed by atoms with E-state index in [1.54, 1.807) is 0 Å². The molecule has 1 saturated carbocycles. The number of anilines is 1. The highest BCUT2D eigenvalue weighted by Crippen LogP contribution is 2.28. The van der Waals surface area contributed by atoms with Gasteiger partial charge in [-0.3, -0.25) is 4.79 Å². The number of amides is 3. The smallest absolute Gasteiger partial charge is 0.321 e. The molecule has 24 heavy (non-hydrogen) atoms. The second kappa shape index (κ2) is 9.96. The third-order valence-electron chi connectivity index (χ3n) is 4.68. The molecule has 1 aromatic carbocycles. The lowest BCUT2D eigenvalue weighted by atomic mass is 10.0. The number of nitrogens with two attached hydrogens (primary N) is 1. The van der Waals surface area contributed by atoms with Crippen molar-refractivity contribution >= 4 is 17.6 Å². The molecular weight excluding hydrogens is 302 g/mol. The molecule has 1 aliphatic carbocycles. The maximum Gasteiger partial charge on any atom is 0.321 e. The predicted octanol–water partition coefficient (Wildman–Crippen LogP) is 3.76. The molecule has 1 fully saturated rings. The van der Waals surface area contributed by atoms with Crippen molar-refractivity contribution < 1.29 is 9.59 Å². The van der Waals surface area contributed by atoms with Gasteiger partial charge in [-0.05, 0) is 37.3 Å². The number of rotatable bonds is 9. The lowest BCUT2D eigenvalue weighted by Gasteiger charge is -2.23. The number of benzene rings is 1. The van der Waals surface area contributed by atoms with Crippen LogP contribution in [-0.2, 0) is 4.79 Å². The molecule has 0 unspecified atom stereocenters. The van der Waals surface area contributed by atoms with Crippen molar-refractivity contribution in [2.75, 3.05) is 18.4 Å². The summed E-state index contributed by atoms with van der Waals surface area (Å²) in [7, 11) is 0. The molecule has 3 N–H and O–H groups in total. The van der Waals surface area contributed by atoms with Crippen molar-refractivity contribution in [3.8, 4) is 0 Å². The van der Waals surface area contributed by atoms with E-state index >= 15 is 0 Å². The number of nitrogens with zero attached hydrogens (tertiary/aromatic N) is 1. The molecule has 0 aromatic heterocycles. The maximum absolute atomic E-state index is 12.5. The summed E-state index contributed by atoms with van der Waals surface area (Å²) in [5.41, 5.74) is 5.99. The summed E-state index contributed by atoms with van der Waals surface area (Å²) in [5, 5.41) is 2.93. The van der Waals surface area contributed by atoms with Crippen molar-refractivity contribution in [3.05, 3.63) is 30.3 Å². The zero-order valence-electron chi connectivity index (χ0n) is 14.4. The Kier molecular flexibility index (Phi) is 7.59. The second-order valence-electron chi connectivity index (χ2n) is 6.65. The molecule has 0 heterocycles. The van der Waals surface area contributed by atoms with E-state index in [2.05, 4.69) is 5.32 Å². The quantitative estimate of drug-likeness (QED) is 0.723. The maximum atomic E-state index is 12.5. The number of urea groups is 1. The lowest BCUT2D eigenvalue weighted by molar-refractivity contribution is -0.118. The summed E-state index contributed by atoms with van der Waals surface area (Å²) in [6, 6.07) is 9.36. The Morgan fingerprint density at radius 3 is 2.42 bits per heavy atom. The molecule has 0 saturated heterocycles. The average molecular weight is 331 g/mol. The SMILES string of the molecule is NC(=O)CCCN(CCCC1CCCC1)C(=O)Nc1ccccc1. The Hall–Kier alpha value is -2.04. The van der Waals surface area contributed by atoms with Gasteiger partial charge in [-0.1, -0.05) is 43.9 Å². The van der Waals surface area contributed by atoms with Crippen LogP contribution in [0.1, 0.15) is 51.4 Å². The van der Waals surface area contributed by atoms with E-state index in [1.807, 2.05) is 35.2 Å². The zero-order chi connectivity index (χ0) is 17.2. The first-order valence-electron chi connectivity index (χ1n) is 9.04. The fraction of sp³-hybridized carbons (Fsp3) is 0.579. The molecule has 132 valence electrons. The van der Waals surface area contributed by atoms with Gasteiger partial charge in [0.2, 0.25) is 5.91 Å². The van der Waals surface area contributed by atoms with Gasteiger partial charge in [0.05, 0.1) is 0 Å². The van der Waals surface area contributed by atoms with Crippen LogP contribution >= 0.6 is 0 Å². The highest BCUT2D eigenvalue weighted by Gasteiger charge is 2.17. The summed E-state index contributed by atoms with van der Waals surface area (Å²) >= 11 is 0. The normalized spacial score (nSPS) is 14.5. The van der Waals surface area contributed by atoms with E-state index in [0.29, 0.717) is 19.4 Å². The Labute approximate surface area is 144 Å². The summed E-state index contributed by atoms with van der Waals surface area (Å²) in [4.78, 5) is 25.3. The Morgan fingerprint density at radius 1 is 1.08 bits per heavy atom. The largest absolute Gasteiger partial charge is 0.370 e. The Balaban J connectivity index is 1.82. The van der Waals surface area contributed by atoms with Gasteiger partial charge < -0.3 is 16.0 Å². The highest BCUT2D eigenvalue weighted by molar-refractivity contribution is 5.89. The first-order chi connectivity index (χ1) is 11.6.